The maximum atomic E-state index is 12.2. The van der Waals surface area contributed by atoms with Gasteiger partial charge in [-0.3, -0.25) is 4.79 Å². The molecule has 0 spiro atoms. The Hall–Kier alpha value is -0.193. The van der Waals surface area contributed by atoms with Crippen LogP contribution in [0.4, 0.5) is 0 Å². The predicted molar refractivity (Wildman–Crippen MR) is 87.8 cm³/mol. The van der Waals surface area contributed by atoms with Gasteiger partial charge in [-0.05, 0) is 29.5 Å². The van der Waals surface area contributed by atoms with Crippen LogP contribution in [0.1, 0.15) is 67.2 Å². The molecule has 0 radical (unpaired) electrons. The third kappa shape index (κ3) is 2.75. The maximum Gasteiger partial charge on any atom is 0.201 e. The first kappa shape index (κ1) is 17.2. The highest BCUT2D eigenvalue weighted by molar-refractivity contribution is 6.77. The van der Waals surface area contributed by atoms with Crippen molar-refractivity contribution in [2.45, 2.75) is 95.6 Å². The minimum atomic E-state index is -2.01. The van der Waals surface area contributed by atoms with Crippen LogP contribution in [0.25, 0.3) is 0 Å². The van der Waals surface area contributed by atoms with E-state index < -0.39 is 14.4 Å². The smallest absolute Gasteiger partial charge is 0.201 e. The molecule has 1 N–H and O–H groups in total. The van der Waals surface area contributed by atoms with E-state index in [4.69, 9.17) is 4.43 Å². The molecule has 0 saturated heterocycles. The summed E-state index contributed by atoms with van der Waals surface area (Å²) in [7, 11) is -2.01. The average Bonchev–Trinajstić information content (AvgIpc) is 2.34. The van der Waals surface area contributed by atoms with Crippen LogP contribution in [-0.2, 0) is 9.22 Å². The topological polar surface area (TPSA) is 46.5 Å². The summed E-state index contributed by atoms with van der Waals surface area (Å²) in [6.07, 6.45) is 2.44. The summed E-state index contributed by atoms with van der Waals surface area (Å²) in [6, 6.07) is 0. The second-order valence-corrected chi connectivity index (χ2v) is 13.5. The van der Waals surface area contributed by atoms with Gasteiger partial charge in [0.15, 0.2) is 0 Å². The van der Waals surface area contributed by atoms with E-state index in [1.54, 1.807) is 0 Å². The minimum absolute atomic E-state index is 0.122. The van der Waals surface area contributed by atoms with Crippen molar-refractivity contribution in [2.75, 3.05) is 0 Å². The van der Waals surface area contributed by atoms with Crippen LogP contribution in [-0.4, -0.2) is 30.9 Å². The molecule has 3 nitrogen and oxygen atoms in total. The number of fused-ring (bicyclic) bond motifs is 3. The molecule has 0 amide bonds. The zero-order chi connectivity index (χ0) is 16.0. The van der Waals surface area contributed by atoms with E-state index in [0.717, 1.165) is 12.8 Å². The van der Waals surface area contributed by atoms with Crippen LogP contribution >= 0.6 is 0 Å². The molecule has 3 fully saturated rings. The molecule has 0 aromatic heterocycles. The van der Waals surface area contributed by atoms with Crippen molar-refractivity contribution >= 4 is 14.1 Å². The normalized spacial score (nSPS) is 33.5. The molecule has 0 aliphatic heterocycles. The lowest BCUT2D eigenvalue weighted by atomic mass is 9.65. The number of ketones is 1. The molecule has 3 saturated carbocycles. The van der Waals surface area contributed by atoms with Gasteiger partial charge in [0.25, 0.3) is 0 Å². The van der Waals surface area contributed by atoms with Gasteiger partial charge < -0.3 is 9.53 Å². The highest BCUT2D eigenvalue weighted by atomic mass is 28.4. The van der Waals surface area contributed by atoms with Crippen LogP contribution in [0.5, 0.6) is 0 Å². The monoisotopic (exact) mass is 312 g/mol. The standard InChI is InChI=1S/C17H32O3Si/c1-11(2)21(12(3)4,13(5)6)20-17-8-7-14(15(18)9-17)16(19)10-17/h11-15,18H,7-10H2,1-6H3/t14-,15+,17-/m1/s1. The Morgan fingerprint density at radius 2 is 1.67 bits per heavy atom. The van der Waals surface area contributed by atoms with E-state index in [1.165, 1.54) is 0 Å². The van der Waals surface area contributed by atoms with Crippen molar-refractivity contribution in [3.05, 3.63) is 0 Å². The summed E-state index contributed by atoms with van der Waals surface area (Å²) >= 11 is 0. The number of aliphatic hydroxyl groups excluding tert-OH is 1. The number of carbonyl (C=O) groups excluding carboxylic acids is 1. The quantitative estimate of drug-likeness (QED) is 0.779. The van der Waals surface area contributed by atoms with E-state index in [0.29, 0.717) is 29.5 Å². The van der Waals surface area contributed by atoms with Crippen LogP contribution < -0.4 is 0 Å². The van der Waals surface area contributed by atoms with Gasteiger partial charge in [0.05, 0.1) is 11.7 Å². The Labute approximate surface area is 130 Å². The summed E-state index contributed by atoms with van der Waals surface area (Å²) in [6.45, 7) is 13.6. The molecule has 4 heteroatoms. The van der Waals surface area contributed by atoms with Crippen molar-refractivity contribution in [3.63, 3.8) is 0 Å². The van der Waals surface area contributed by atoms with Crippen LogP contribution in [0, 0.1) is 5.92 Å². The number of Topliss-reactive ketones (excluding diaryl/α,β-unsaturated/α-hetero) is 1. The molecule has 3 atom stereocenters. The van der Waals surface area contributed by atoms with Crippen LogP contribution in [0.15, 0.2) is 0 Å². The molecule has 122 valence electrons. The molecular weight excluding hydrogens is 280 g/mol. The van der Waals surface area contributed by atoms with Gasteiger partial charge in [0.1, 0.15) is 5.78 Å². The van der Waals surface area contributed by atoms with Gasteiger partial charge in [-0.25, -0.2) is 0 Å². The summed E-state index contributed by atoms with van der Waals surface area (Å²) in [5.41, 5.74) is 1.16. The Kier molecular flexibility index (Phi) is 4.73. The van der Waals surface area contributed by atoms with Gasteiger partial charge in [-0.2, -0.15) is 0 Å². The Bertz CT molecular complexity index is 383. The lowest BCUT2D eigenvalue weighted by Crippen LogP contribution is -2.61. The summed E-state index contributed by atoms with van der Waals surface area (Å²) in [5.74, 6) is 0.0999. The number of carbonyl (C=O) groups is 1. The van der Waals surface area contributed by atoms with Gasteiger partial charge in [-0.1, -0.05) is 41.5 Å². The lowest BCUT2D eigenvalue weighted by Gasteiger charge is -2.55. The van der Waals surface area contributed by atoms with Gasteiger partial charge >= 0.3 is 0 Å². The molecule has 0 unspecified atom stereocenters. The van der Waals surface area contributed by atoms with E-state index in [9.17, 15) is 9.90 Å². The molecular formula is C17H32O3Si. The third-order valence-corrected chi connectivity index (χ3v) is 12.2. The number of hydrogen-bond donors (Lipinski definition) is 1. The number of rotatable bonds is 5. The van der Waals surface area contributed by atoms with E-state index >= 15 is 0 Å². The van der Waals surface area contributed by atoms with Gasteiger partial charge in [0, 0.05) is 18.8 Å². The third-order valence-electron chi connectivity index (χ3n) is 5.97. The fraction of sp³-hybridized carbons (Fsp3) is 0.941. The molecule has 3 rings (SSSR count). The molecule has 0 aromatic carbocycles. The Morgan fingerprint density at radius 3 is 2.05 bits per heavy atom. The van der Waals surface area contributed by atoms with Crippen molar-refractivity contribution in [1.29, 1.82) is 0 Å². The SMILES string of the molecule is CC(C)[Si](O[C@@]12CC[C@@H](C(=O)C1)[C@@H](O)C2)(C(C)C)C(C)C. The largest absolute Gasteiger partial charge is 0.410 e. The van der Waals surface area contributed by atoms with Crippen LogP contribution in [0.2, 0.25) is 16.6 Å². The van der Waals surface area contributed by atoms with E-state index in [2.05, 4.69) is 41.5 Å². The van der Waals surface area contributed by atoms with E-state index in [1.807, 2.05) is 0 Å². The van der Waals surface area contributed by atoms with Crippen molar-refractivity contribution in [1.82, 2.24) is 0 Å². The first-order valence-corrected chi connectivity index (χ1v) is 10.7. The zero-order valence-electron chi connectivity index (χ0n) is 14.5. The molecule has 2 bridgehead atoms. The summed E-state index contributed by atoms with van der Waals surface area (Å²) in [4.78, 5) is 12.2. The second-order valence-electron chi connectivity index (χ2n) is 8.16. The summed E-state index contributed by atoms with van der Waals surface area (Å²) < 4.78 is 6.94. The zero-order valence-corrected chi connectivity index (χ0v) is 15.5. The first-order chi connectivity index (χ1) is 9.64. The number of aliphatic hydroxyl groups is 1. The molecule has 3 aliphatic carbocycles. The number of hydrogen-bond acceptors (Lipinski definition) is 3. The maximum absolute atomic E-state index is 12.2. The highest BCUT2D eigenvalue weighted by Crippen LogP contribution is 2.52. The van der Waals surface area contributed by atoms with Crippen molar-refractivity contribution in [2.24, 2.45) is 5.92 Å². The lowest BCUT2D eigenvalue weighted by molar-refractivity contribution is -0.153. The Morgan fingerprint density at radius 1 is 1.14 bits per heavy atom. The summed E-state index contributed by atoms with van der Waals surface area (Å²) in [5, 5.41) is 10.3. The molecule has 0 aromatic rings. The fourth-order valence-electron chi connectivity index (χ4n) is 5.08. The van der Waals surface area contributed by atoms with Crippen molar-refractivity contribution in [3.8, 4) is 0 Å². The minimum Gasteiger partial charge on any atom is -0.410 e. The average molecular weight is 313 g/mol. The fourth-order valence-corrected chi connectivity index (χ4v) is 10.8. The molecule has 3 aliphatic rings. The van der Waals surface area contributed by atoms with Crippen LogP contribution in [0.3, 0.4) is 0 Å². The first-order valence-electron chi connectivity index (χ1n) is 8.55. The van der Waals surface area contributed by atoms with Gasteiger partial charge in [0.2, 0.25) is 8.32 Å². The van der Waals surface area contributed by atoms with Crippen molar-refractivity contribution < 1.29 is 14.3 Å². The molecule has 21 heavy (non-hydrogen) atoms. The van der Waals surface area contributed by atoms with E-state index in [-0.39, 0.29) is 17.3 Å². The van der Waals surface area contributed by atoms with Gasteiger partial charge in [-0.15, -0.1) is 0 Å². The molecule has 0 heterocycles. The Balaban J connectivity index is 2.34. The highest BCUT2D eigenvalue weighted by Gasteiger charge is 2.56. The second kappa shape index (κ2) is 5.78. The predicted octanol–water partition coefficient (Wildman–Crippen LogP) is 4.05.